The number of alkyl halides is 3. The molecular formula is C13H15F3O3. The van der Waals surface area contributed by atoms with Crippen LogP contribution in [0.3, 0.4) is 0 Å². The number of hydrogen-bond acceptors (Lipinski definition) is 3. The maximum atomic E-state index is 12.3. The van der Waals surface area contributed by atoms with Crippen LogP contribution in [-0.4, -0.2) is 18.9 Å². The highest BCUT2D eigenvalue weighted by molar-refractivity contribution is 5.70. The van der Waals surface area contributed by atoms with Crippen LogP contribution >= 0.6 is 0 Å². The van der Waals surface area contributed by atoms with E-state index in [0.29, 0.717) is 11.1 Å². The zero-order chi connectivity index (χ0) is 14.5. The van der Waals surface area contributed by atoms with Crippen molar-refractivity contribution in [2.75, 3.05) is 6.61 Å². The summed E-state index contributed by atoms with van der Waals surface area (Å²) in [7, 11) is 0. The van der Waals surface area contributed by atoms with Gasteiger partial charge in [-0.25, -0.2) is 0 Å². The zero-order valence-corrected chi connectivity index (χ0v) is 10.7. The van der Waals surface area contributed by atoms with Gasteiger partial charge in [0.05, 0.1) is 6.61 Å². The van der Waals surface area contributed by atoms with Crippen LogP contribution in [0.1, 0.15) is 24.5 Å². The fraction of sp³-hybridized carbons (Fsp3) is 0.462. The molecule has 0 saturated heterocycles. The molecule has 0 aliphatic rings. The normalized spacial score (nSPS) is 11.2. The summed E-state index contributed by atoms with van der Waals surface area (Å²) in [6, 6.07) is 4.38. The Bertz CT molecular complexity index is 441. The summed E-state index contributed by atoms with van der Waals surface area (Å²) < 4.78 is 45.5. The van der Waals surface area contributed by atoms with E-state index in [1.807, 2.05) is 0 Å². The molecule has 0 saturated carbocycles. The van der Waals surface area contributed by atoms with Gasteiger partial charge in [0, 0.05) is 6.42 Å². The van der Waals surface area contributed by atoms with Gasteiger partial charge in [0.15, 0.2) is 0 Å². The van der Waals surface area contributed by atoms with Crippen LogP contribution in [0.5, 0.6) is 5.75 Å². The van der Waals surface area contributed by atoms with Gasteiger partial charge in [0.1, 0.15) is 5.75 Å². The van der Waals surface area contributed by atoms with Gasteiger partial charge in [0.25, 0.3) is 0 Å². The highest BCUT2D eigenvalue weighted by Crippen LogP contribution is 2.29. The molecule has 0 unspecified atom stereocenters. The van der Waals surface area contributed by atoms with Crippen molar-refractivity contribution >= 4 is 5.97 Å². The summed E-state index contributed by atoms with van der Waals surface area (Å²) >= 11 is 0. The second-order valence-electron chi connectivity index (χ2n) is 3.90. The van der Waals surface area contributed by atoms with Gasteiger partial charge < -0.3 is 9.47 Å². The van der Waals surface area contributed by atoms with E-state index in [2.05, 4.69) is 4.74 Å². The first-order valence-corrected chi connectivity index (χ1v) is 5.83. The molecule has 1 aromatic carbocycles. The van der Waals surface area contributed by atoms with Gasteiger partial charge in [0.2, 0.25) is 0 Å². The van der Waals surface area contributed by atoms with Crippen molar-refractivity contribution in [3.63, 3.8) is 0 Å². The molecule has 0 atom stereocenters. The average molecular weight is 276 g/mol. The molecule has 3 nitrogen and oxygen atoms in total. The van der Waals surface area contributed by atoms with Crippen LogP contribution in [0, 0.1) is 6.92 Å². The molecule has 19 heavy (non-hydrogen) atoms. The number of carbonyl (C=O) groups is 1. The van der Waals surface area contributed by atoms with Crippen LogP contribution in [0.2, 0.25) is 0 Å². The Morgan fingerprint density at radius 3 is 2.58 bits per heavy atom. The molecule has 0 aliphatic heterocycles. The number of hydrogen-bond donors (Lipinski definition) is 0. The highest BCUT2D eigenvalue weighted by atomic mass is 19.4. The molecule has 0 spiro atoms. The van der Waals surface area contributed by atoms with Crippen LogP contribution < -0.4 is 4.74 Å². The second-order valence-corrected chi connectivity index (χ2v) is 3.90. The fourth-order valence-electron chi connectivity index (χ4n) is 1.68. The highest BCUT2D eigenvalue weighted by Gasteiger charge is 2.32. The smallest absolute Gasteiger partial charge is 0.466 e. The largest absolute Gasteiger partial charge is 0.573 e. The zero-order valence-electron chi connectivity index (χ0n) is 10.7. The Hall–Kier alpha value is -1.72. The van der Waals surface area contributed by atoms with Crippen molar-refractivity contribution in [3.8, 4) is 5.75 Å². The molecule has 1 rings (SSSR count). The minimum absolute atomic E-state index is 0.0207. The Balaban J connectivity index is 2.83. The van der Waals surface area contributed by atoms with Gasteiger partial charge in [-0.15, -0.1) is 13.2 Å². The molecule has 0 bridgehead atoms. The number of benzene rings is 1. The van der Waals surface area contributed by atoms with Crippen molar-refractivity contribution in [2.24, 2.45) is 0 Å². The van der Waals surface area contributed by atoms with E-state index in [0.717, 1.165) is 0 Å². The Morgan fingerprint density at radius 1 is 1.32 bits per heavy atom. The molecule has 0 heterocycles. The van der Waals surface area contributed by atoms with Crippen LogP contribution in [0.25, 0.3) is 0 Å². The number of carbonyl (C=O) groups excluding carboxylic acids is 1. The third-order valence-corrected chi connectivity index (χ3v) is 2.48. The number of rotatable bonds is 5. The molecule has 6 heteroatoms. The van der Waals surface area contributed by atoms with E-state index in [4.69, 9.17) is 4.74 Å². The lowest BCUT2D eigenvalue weighted by Gasteiger charge is -2.15. The van der Waals surface area contributed by atoms with Crippen molar-refractivity contribution in [1.82, 2.24) is 0 Å². The molecule has 0 radical (unpaired) electrons. The number of ether oxygens (including phenoxy) is 2. The molecule has 106 valence electrons. The van der Waals surface area contributed by atoms with Gasteiger partial charge in [-0.05, 0) is 37.5 Å². The maximum Gasteiger partial charge on any atom is 0.573 e. The predicted molar refractivity (Wildman–Crippen MR) is 62.8 cm³/mol. The minimum Gasteiger partial charge on any atom is -0.466 e. The van der Waals surface area contributed by atoms with E-state index < -0.39 is 12.3 Å². The summed E-state index contributed by atoms with van der Waals surface area (Å²) in [4.78, 5) is 11.2. The molecule has 0 fully saturated rings. The average Bonchev–Trinajstić information content (AvgIpc) is 2.26. The molecule has 0 amide bonds. The van der Waals surface area contributed by atoms with Crippen molar-refractivity contribution in [1.29, 1.82) is 0 Å². The van der Waals surface area contributed by atoms with Crippen molar-refractivity contribution < 1.29 is 27.4 Å². The SMILES string of the molecule is CCOC(=O)CCc1c(C)cccc1OC(F)(F)F. The number of aryl methyl sites for hydroxylation is 1. The van der Waals surface area contributed by atoms with Gasteiger partial charge >= 0.3 is 12.3 Å². The van der Waals surface area contributed by atoms with Crippen LogP contribution in [-0.2, 0) is 16.0 Å². The first-order chi connectivity index (χ1) is 8.83. The second kappa shape index (κ2) is 6.45. The first kappa shape index (κ1) is 15.3. The van der Waals surface area contributed by atoms with Gasteiger partial charge in [-0.3, -0.25) is 4.79 Å². The first-order valence-electron chi connectivity index (χ1n) is 5.83. The summed E-state index contributed by atoms with van der Waals surface area (Å²) in [5, 5.41) is 0. The quantitative estimate of drug-likeness (QED) is 0.773. The van der Waals surface area contributed by atoms with Crippen LogP contribution in [0.15, 0.2) is 18.2 Å². The van der Waals surface area contributed by atoms with E-state index in [-0.39, 0.29) is 25.2 Å². The van der Waals surface area contributed by atoms with E-state index in [1.54, 1.807) is 19.9 Å². The monoisotopic (exact) mass is 276 g/mol. The van der Waals surface area contributed by atoms with E-state index >= 15 is 0 Å². The molecule has 1 aromatic rings. The lowest BCUT2D eigenvalue weighted by atomic mass is 10.0. The minimum atomic E-state index is -4.74. The predicted octanol–water partition coefficient (Wildman–Crippen LogP) is 3.39. The molecular weight excluding hydrogens is 261 g/mol. The Kier molecular flexibility index (Phi) is 5.20. The van der Waals surface area contributed by atoms with Gasteiger partial charge in [-0.2, -0.15) is 0 Å². The van der Waals surface area contributed by atoms with Crippen molar-refractivity contribution in [3.05, 3.63) is 29.3 Å². The lowest BCUT2D eigenvalue weighted by molar-refractivity contribution is -0.274. The summed E-state index contributed by atoms with van der Waals surface area (Å²) in [6.45, 7) is 3.59. The summed E-state index contributed by atoms with van der Waals surface area (Å²) in [5.74, 6) is -0.708. The topological polar surface area (TPSA) is 35.5 Å². The van der Waals surface area contributed by atoms with Crippen LogP contribution in [0.4, 0.5) is 13.2 Å². The molecule has 0 aliphatic carbocycles. The lowest BCUT2D eigenvalue weighted by Crippen LogP contribution is -2.18. The molecule has 0 N–H and O–H groups in total. The number of esters is 1. The standard InChI is InChI=1S/C13H15F3O3/c1-3-18-12(17)8-7-10-9(2)5-4-6-11(10)19-13(14,15)16/h4-6H,3,7-8H2,1-2H3. The van der Waals surface area contributed by atoms with Crippen molar-refractivity contribution in [2.45, 2.75) is 33.1 Å². The summed E-state index contributed by atoms with van der Waals surface area (Å²) in [6.07, 6.45) is -4.57. The third-order valence-electron chi connectivity index (χ3n) is 2.48. The van der Waals surface area contributed by atoms with E-state index in [9.17, 15) is 18.0 Å². The van der Waals surface area contributed by atoms with Gasteiger partial charge in [-0.1, -0.05) is 12.1 Å². The third kappa shape index (κ3) is 5.19. The number of halogens is 3. The Morgan fingerprint density at radius 2 is 2.00 bits per heavy atom. The molecule has 0 aromatic heterocycles. The van der Waals surface area contributed by atoms with E-state index in [1.165, 1.54) is 12.1 Å². The Labute approximate surface area is 109 Å². The fourth-order valence-corrected chi connectivity index (χ4v) is 1.68. The summed E-state index contributed by atoms with van der Waals surface area (Å²) in [5.41, 5.74) is 1.01. The maximum absolute atomic E-state index is 12.3.